The van der Waals surface area contributed by atoms with E-state index in [1.165, 1.54) is 0 Å². The van der Waals surface area contributed by atoms with E-state index in [1.54, 1.807) is 12.1 Å². The first-order chi connectivity index (χ1) is 13.5. The van der Waals surface area contributed by atoms with E-state index in [9.17, 15) is 4.79 Å². The van der Waals surface area contributed by atoms with Gasteiger partial charge in [0.05, 0.1) is 17.3 Å². The molecule has 0 spiro atoms. The quantitative estimate of drug-likeness (QED) is 0.608. The van der Waals surface area contributed by atoms with E-state index in [1.807, 2.05) is 38.1 Å². The fourth-order valence-corrected chi connectivity index (χ4v) is 2.74. The highest BCUT2D eigenvalue weighted by Gasteiger charge is 2.13. The number of nitrogens with two attached hydrogens (primary N) is 1. The number of pyridine rings is 1. The van der Waals surface area contributed by atoms with Gasteiger partial charge in [-0.1, -0.05) is 25.5 Å². The number of hydrogen-bond donors (Lipinski definition) is 2. The van der Waals surface area contributed by atoms with Gasteiger partial charge in [0.1, 0.15) is 0 Å². The van der Waals surface area contributed by atoms with Crippen LogP contribution in [0.2, 0.25) is 0 Å². The van der Waals surface area contributed by atoms with Crippen LogP contribution < -0.4 is 15.8 Å². The minimum absolute atomic E-state index is 0.0616. The van der Waals surface area contributed by atoms with E-state index in [-0.39, 0.29) is 18.0 Å². The number of hydrogen-bond acceptors (Lipinski definition) is 6. The average molecular weight is 379 g/mol. The monoisotopic (exact) mass is 379 g/mol. The second-order valence-electron chi connectivity index (χ2n) is 6.80. The molecular formula is C21H25N5O2. The van der Waals surface area contributed by atoms with Crippen LogP contribution in [-0.2, 0) is 0 Å². The molecule has 0 atom stereocenters. The molecular weight excluding hydrogens is 354 g/mol. The van der Waals surface area contributed by atoms with E-state index in [0.29, 0.717) is 29.0 Å². The molecule has 146 valence electrons. The van der Waals surface area contributed by atoms with E-state index < -0.39 is 0 Å². The Balaban J connectivity index is 1.89. The first-order valence-electron chi connectivity index (χ1n) is 9.47. The second kappa shape index (κ2) is 8.65. The van der Waals surface area contributed by atoms with Crippen LogP contribution >= 0.6 is 0 Å². The molecule has 2 aromatic heterocycles. The van der Waals surface area contributed by atoms with Gasteiger partial charge in [-0.3, -0.25) is 4.79 Å². The summed E-state index contributed by atoms with van der Waals surface area (Å²) < 4.78 is 5.75. The standard InChI is InChI=1S/C21H25N5O2/c1-4-5-12-23-19(27)15-8-6-14(7-9-15)16-10-11-17-18(24-16)20(28-13(2)3)26-21(22)25-17/h6-11,13H,4-5,12H2,1-3H3,(H,23,27)(H2,22,25,26). The maximum absolute atomic E-state index is 12.1. The number of carbonyl (C=O) groups excluding carboxylic acids is 1. The fourth-order valence-electron chi connectivity index (χ4n) is 2.74. The van der Waals surface area contributed by atoms with Crippen LogP contribution in [0.4, 0.5) is 5.95 Å². The first kappa shape index (κ1) is 19.5. The van der Waals surface area contributed by atoms with Crippen molar-refractivity contribution in [2.75, 3.05) is 12.3 Å². The number of nitrogens with one attached hydrogen (secondary N) is 1. The molecule has 7 nitrogen and oxygen atoms in total. The molecule has 2 heterocycles. The normalized spacial score (nSPS) is 11.0. The first-order valence-corrected chi connectivity index (χ1v) is 9.47. The molecule has 3 N–H and O–H groups in total. The van der Waals surface area contributed by atoms with Gasteiger partial charge in [0.15, 0.2) is 5.52 Å². The number of nitrogens with zero attached hydrogens (tertiary/aromatic N) is 3. The van der Waals surface area contributed by atoms with Crippen molar-refractivity contribution >= 4 is 22.9 Å². The number of aromatic nitrogens is 3. The summed E-state index contributed by atoms with van der Waals surface area (Å²) in [6.07, 6.45) is 1.96. The lowest BCUT2D eigenvalue weighted by Gasteiger charge is -2.12. The Hall–Kier alpha value is -3.22. The SMILES string of the molecule is CCCCNC(=O)c1ccc(-c2ccc3nc(N)nc(OC(C)C)c3n2)cc1. The van der Waals surface area contributed by atoms with Gasteiger partial charge in [0.2, 0.25) is 11.8 Å². The summed E-state index contributed by atoms with van der Waals surface area (Å²) in [4.78, 5) is 25.2. The Morgan fingerprint density at radius 3 is 2.54 bits per heavy atom. The third-order valence-corrected chi connectivity index (χ3v) is 4.13. The van der Waals surface area contributed by atoms with Gasteiger partial charge in [-0.25, -0.2) is 9.97 Å². The lowest BCUT2D eigenvalue weighted by atomic mass is 10.1. The fraction of sp³-hybridized carbons (Fsp3) is 0.333. The molecule has 3 rings (SSSR count). The molecule has 0 saturated carbocycles. The number of nitrogen functional groups attached to an aromatic ring is 1. The summed E-state index contributed by atoms with van der Waals surface area (Å²) in [5, 5.41) is 2.91. The highest BCUT2D eigenvalue weighted by molar-refractivity contribution is 5.94. The van der Waals surface area contributed by atoms with E-state index in [2.05, 4.69) is 27.2 Å². The van der Waals surface area contributed by atoms with Gasteiger partial charge in [-0.05, 0) is 44.5 Å². The van der Waals surface area contributed by atoms with Gasteiger partial charge < -0.3 is 15.8 Å². The summed E-state index contributed by atoms with van der Waals surface area (Å²) in [5.74, 6) is 0.449. The molecule has 0 unspecified atom stereocenters. The molecule has 3 aromatic rings. The summed E-state index contributed by atoms with van der Waals surface area (Å²) in [6, 6.07) is 11.1. The van der Waals surface area contributed by atoms with Crippen molar-refractivity contribution in [2.24, 2.45) is 0 Å². The zero-order valence-electron chi connectivity index (χ0n) is 16.4. The minimum Gasteiger partial charge on any atom is -0.473 e. The van der Waals surface area contributed by atoms with E-state index >= 15 is 0 Å². The number of fused-ring (bicyclic) bond motifs is 1. The summed E-state index contributed by atoms with van der Waals surface area (Å²) in [6.45, 7) is 6.61. The lowest BCUT2D eigenvalue weighted by molar-refractivity contribution is 0.0953. The maximum Gasteiger partial charge on any atom is 0.251 e. The Labute approximate surface area is 164 Å². The smallest absolute Gasteiger partial charge is 0.251 e. The number of unbranched alkanes of at least 4 members (excludes halogenated alkanes) is 1. The Morgan fingerprint density at radius 1 is 1.11 bits per heavy atom. The third kappa shape index (κ3) is 4.54. The van der Waals surface area contributed by atoms with Crippen molar-refractivity contribution in [2.45, 2.75) is 39.7 Å². The highest BCUT2D eigenvalue weighted by Crippen LogP contribution is 2.26. The largest absolute Gasteiger partial charge is 0.473 e. The van der Waals surface area contributed by atoms with Crippen LogP contribution in [0.1, 0.15) is 44.0 Å². The zero-order chi connectivity index (χ0) is 20.1. The van der Waals surface area contributed by atoms with Crippen molar-refractivity contribution in [3.63, 3.8) is 0 Å². The van der Waals surface area contributed by atoms with Crippen molar-refractivity contribution in [1.82, 2.24) is 20.3 Å². The van der Waals surface area contributed by atoms with Crippen LogP contribution in [0.25, 0.3) is 22.3 Å². The minimum atomic E-state index is -0.0667. The highest BCUT2D eigenvalue weighted by atomic mass is 16.5. The number of amides is 1. The molecule has 1 amide bonds. The molecule has 0 radical (unpaired) electrons. The van der Waals surface area contributed by atoms with Crippen LogP contribution in [0.3, 0.4) is 0 Å². The van der Waals surface area contributed by atoms with Gasteiger partial charge >= 0.3 is 0 Å². The predicted molar refractivity (Wildman–Crippen MR) is 110 cm³/mol. The maximum atomic E-state index is 12.1. The second-order valence-corrected chi connectivity index (χ2v) is 6.80. The summed E-state index contributed by atoms with van der Waals surface area (Å²) in [7, 11) is 0. The molecule has 0 bridgehead atoms. The van der Waals surface area contributed by atoms with Crippen LogP contribution in [-0.4, -0.2) is 33.5 Å². The number of benzene rings is 1. The lowest BCUT2D eigenvalue weighted by Crippen LogP contribution is -2.24. The molecule has 7 heteroatoms. The zero-order valence-corrected chi connectivity index (χ0v) is 16.4. The van der Waals surface area contributed by atoms with Gasteiger partial charge in [-0.2, -0.15) is 4.98 Å². The molecule has 28 heavy (non-hydrogen) atoms. The van der Waals surface area contributed by atoms with Crippen LogP contribution in [0.15, 0.2) is 36.4 Å². The number of anilines is 1. The molecule has 1 aromatic carbocycles. The predicted octanol–water partition coefficient (Wildman–Crippen LogP) is 3.59. The van der Waals surface area contributed by atoms with Crippen molar-refractivity contribution in [3.05, 3.63) is 42.0 Å². The molecule has 0 aliphatic heterocycles. The molecule has 0 aliphatic carbocycles. The van der Waals surface area contributed by atoms with Gasteiger partial charge in [0.25, 0.3) is 5.91 Å². The number of rotatable bonds is 7. The molecule has 0 saturated heterocycles. The van der Waals surface area contributed by atoms with Crippen molar-refractivity contribution in [1.29, 1.82) is 0 Å². The van der Waals surface area contributed by atoms with Gasteiger partial charge in [0, 0.05) is 17.7 Å². The third-order valence-electron chi connectivity index (χ3n) is 4.13. The molecule has 0 aliphatic rings. The summed E-state index contributed by atoms with van der Waals surface area (Å²) in [5.41, 5.74) is 9.21. The van der Waals surface area contributed by atoms with E-state index in [0.717, 1.165) is 24.1 Å². The Bertz CT molecular complexity index is 970. The Morgan fingerprint density at radius 2 is 1.86 bits per heavy atom. The van der Waals surface area contributed by atoms with Crippen LogP contribution in [0.5, 0.6) is 5.88 Å². The topological polar surface area (TPSA) is 103 Å². The van der Waals surface area contributed by atoms with Crippen molar-refractivity contribution < 1.29 is 9.53 Å². The number of carbonyl (C=O) groups is 1. The number of ether oxygens (including phenoxy) is 1. The Kier molecular flexibility index (Phi) is 6.03. The van der Waals surface area contributed by atoms with Crippen LogP contribution in [0, 0.1) is 0 Å². The van der Waals surface area contributed by atoms with E-state index in [4.69, 9.17) is 10.5 Å². The van der Waals surface area contributed by atoms with Gasteiger partial charge in [-0.15, -0.1) is 0 Å². The van der Waals surface area contributed by atoms with Crippen molar-refractivity contribution in [3.8, 4) is 17.1 Å². The average Bonchev–Trinajstić information content (AvgIpc) is 2.67. The summed E-state index contributed by atoms with van der Waals surface area (Å²) >= 11 is 0. The molecule has 0 fully saturated rings.